The second-order valence-electron chi connectivity index (χ2n) is 8.50. The molecule has 0 spiro atoms. The molecule has 0 radical (unpaired) electrons. The van der Waals surface area contributed by atoms with E-state index in [4.69, 9.17) is 55.9 Å². The first-order chi connectivity index (χ1) is 18.8. The predicted molar refractivity (Wildman–Crippen MR) is 159 cm³/mol. The number of ether oxygens (including phenoxy) is 2. The summed E-state index contributed by atoms with van der Waals surface area (Å²) in [5.74, 6) is 0.567. The molecule has 0 aromatic heterocycles. The lowest BCUT2D eigenvalue weighted by Gasteiger charge is -2.14. The minimum absolute atomic E-state index is 0.118. The summed E-state index contributed by atoms with van der Waals surface area (Å²) < 4.78 is 11.7. The van der Waals surface area contributed by atoms with Gasteiger partial charge in [0.1, 0.15) is 19.0 Å². The molecule has 0 atom stereocenters. The molecule has 5 nitrogen and oxygen atoms in total. The van der Waals surface area contributed by atoms with Crippen LogP contribution in [0.5, 0.6) is 11.5 Å². The first-order valence-corrected chi connectivity index (χ1v) is 14.0. The molecule has 1 aliphatic heterocycles. The summed E-state index contributed by atoms with van der Waals surface area (Å²) in [6.45, 7) is 0.419. The van der Waals surface area contributed by atoms with Crippen molar-refractivity contribution in [2.45, 2.75) is 6.61 Å². The van der Waals surface area contributed by atoms with Gasteiger partial charge in [0, 0.05) is 21.0 Å². The predicted octanol–water partition coefficient (Wildman–Crippen LogP) is 9.15. The molecule has 5 rings (SSSR count). The molecular weight excluding hydrogens is 600 g/mol. The average Bonchev–Trinajstić information content (AvgIpc) is 3.16. The minimum Gasteiger partial charge on any atom is -0.491 e. The lowest BCUT2D eigenvalue weighted by Crippen LogP contribution is -2.32. The molecule has 1 fully saturated rings. The van der Waals surface area contributed by atoms with E-state index in [1.165, 1.54) is 0 Å². The van der Waals surface area contributed by atoms with E-state index in [1.54, 1.807) is 36.4 Å². The van der Waals surface area contributed by atoms with Crippen LogP contribution in [0.4, 0.5) is 4.79 Å². The number of fused-ring (bicyclic) bond motifs is 1. The van der Waals surface area contributed by atoms with E-state index in [1.807, 2.05) is 42.5 Å². The van der Waals surface area contributed by atoms with Gasteiger partial charge in [-0.15, -0.1) is 0 Å². The molecule has 198 valence electrons. The summed E-state index contributed by atoms with van der Waals surface area (Å²) in [7, 11) is 0. The summed E-state index contributed by atoms with van der Waals surface area (Å²) in [4.78, 5) is 27.0. The monoisotopic (exact) mass is 617 g/mol. The molecule has 0 bridgehead atoms. The standard InChI is InChI=1S/C29H19Cl4NO4S/c30-20-9-8-19(22(31)15-20)16-38-27-23(32)12-17(13-24(27)33)14-26-28(35)34(29(36)39-26)10-11-37-25-7-3-5-18-4-1-2-6-21(18)25/h1-9,12-15H,10-11,16H2/b26-14-. The summed E-state index contributed by atoms with van der Waals surface area (Å²) in [6, 6.07) is 21.9. The van der Waals surface area contributed by atoms with Crippen LogP contribution in [0, 0.1) is 0 Å². The number of imide groups is 1. The summed E-state index contributed by atoms with van der Waals surface area (Å²) in [5, 5.41) is 3.13. The molecule has 2 amide bonds. The number of hydrogen-bond acceptors (Lipinski definition) is 5. The van der Waals surface area contributed by atoms with Crippen LogP contribution >= 0.6 is 58.2 Å². The fourth-order valence-electron chi connectivity index (χ4n) is 4.00. The number of thioether (sulfide) groups is 1. The van der Waals surface area contributed by atoms with Crippen LogP contribution < -0.4 is 9.47 Å². The van der Waals surface area contributed by atoms with Crippen LogP contribution in [0.3, 0.4) is 0 Å². The average molecular weight is 619 g/mol. The molecule has 4 aromatic rings. The highest BCUT2D eigenvalue weighted by molar-refractivity contribution is 8.18. The maximum atomic E-state index is 13.0. The lowest BCUT2D eigenvalue weighted by atomic mass is 10.1. The normalized spacial score (nSPS) is 14.5. The van der Waals surface area contributed by atoms with E-state index in [9.17, 15) is 9.59 Å². The first-order valence-electron chi connectivity index (χ1n) is 11.7. The molecule has 0 unspecified atom stereocenters. The Morgan fingerprint density at radius 1 is 0.821 bits per heavy atom. The van der Waals surface area contributed by atoms with Crippen LogP contribution in [0.1, 0.15) is 11.1 Å². The second-order valence-corrected chi connectivity index (χ2v) is 11.1. The Balaban J connectivity index is 1.24. The van der Waals surface area contributed by atoms with E-state index < -0.39 is 5.91 Å². The fourth-order valence-corrected chi connectivity index (χ4v) is 5.94. The second kappa shape index (κ2) is 12.1. The Morgan fingerprint density at radius 2 is 1.56 bits per heavy atom. The summed E-state index contributed by atoms with van der Waals surface area (Å²) >= 11 is 25.9. The Hall–Kier alpha value is -2.87. The van der Waals surface area contributed by atoms with Crippen molar-refractivity contribution in [2.75, 3.05) is 13.2 Å². The van der Waals surface area contributed by atoms with Gasteiger partial charge in [0.15, 0.2) is 5.75 Å². The quantitative estimate of drug-likeness (QED) is 0.184. The minimum atomic E-state index is -0.406. The van der Waals surface area contributed by atoms with Gasteiger partial charge in [-0.25, -0.2) is 0 Å². The lowest BCUT2D eigenvalue weighted by molar-refractivity contribution is -0.123. The number of nitrogens with zero attached hydrogens (tertiary/aromatic N) is 1. The third-order valence-electron chi connectivity index (χ3n) is 5.90. The van der Waals surface area contributed by atoms with E-state index in [2.05, 4.69) is 0 Å². The zero-order valence-corrected chi connectivity index (χ0v) is 24.0. The molecule has 1 heterocycles. The molecule has 39 heavy (non-hydrogen) atoms. The number of benzene rings is 4. The summed E-state index contributed by atoms with van der Waals surface area (Å²) in [6.07, 6.45) is 1.58. The van der Waals surface area contributed by atoms with Gasteiger partial charge in [-0.1, -0.05) is 88.9 Å². The molecular formula is C29H19Cl4NO4S. The van der Waals surface area contributed by atoms with Crippen molar-refractivity contribution in [1.82, 2.24) is 4.90 Å². The van der Waals surface area contributed by atoms with Gasteiger partial charge in [-0.3, -0.25) is 14.5 Å². The van der Waals surface area contributed by atoms with Gasteiger partial charge in [0.25, 0.3) is 11.1 Å². The highest BCUT2D eigenvalue weighted by atomic mass is 35.5. The number of rotatable bonds is 8. The van der Waals surface area contributed by atoms with Crippen LogP contribution in [-0.4, -0.2) is 29.2 Å². The highest BCUT2D eigenvalue weighted by Gasteiger charge is 2.35. The van der Waals surface area contributed by atoms with Crippen molar-refractivity contribution >= 4 is 86.2 Å². The Morgan fingerprint density at radius 3 is 2.33 bits per heavy atom. The number of carbonyl (C=O) groups excluding carboxylic acids is 2. The van der Waals surface area contributed by atoms with Crippen LogP contribution in [-0.2, 0) is 11.4 Å². The SMILES string of the molecule is O=C1S/C(=C\c2cc(Cl)c(OCc3ccc(Cl)cc3Cl)c(Cl)c2)C(=O)N1CCOc1cccc2ccccc12. The topological polar surface area (TPSA) is 55.8 Å². The zero-order chi connectivity index (χ0) is 27.5. The van der Waals surface area contributed by atoms with Crippen LogP contribution in [0.15, 0.2) is 77.7 Å². The van der Waals surface area contributed by atoms with Crippen LogP contribution in [0.2, 0.25) is 20.1 Å². The molecule has 4 aromatic carbocycles. The van der Waals surface area contributed by atoms with E-state index in [0.717, 1.165) is 33.0 Å². The van der Waals surface area contributed by atoms with E-state index in [-0.39, 0.29) is 45.7 Å². The third-order valence-corrected chi connectivity index (χ3v) is 7.96. The number of carbonyl (C=O) groups is 2. The third kappa shape index (κ3) is 6.32. The van der Waals surface area contributed by atoms with Crippen molar-refractivity contribution in [3.8, 4) is 11.5 Å². The number of halogens is 4. The molecule has 1 aliphatic rings. The molecule has 0 aliphatic carbocycles. The number of amides is 2. The van der Waals surface area contributed by atoms with Crippen molar-refractivity contribution in [2.24, 2.45) is 0 Å². The van der Waals surface area contributed by atoms with Gasteiger partial charge in [0.2, 0.25) is 0 Å². The fraction of sp³-hybridized carbons (Fsp3) is 0.103. The molecule has 1 saturated heterocycles. The van der Waals surface area contributed by atoms with E-state index in [0.29, 0.717) is 21.4 Å². The van der Waals surface area contributed by atoms with Gasteiger partial charge in [-0.2, -0.15) is 0 Å². The van der Waals surface area contributed by atoms with Gasteiger partial charge in [0.05, 0.1) is 21.5 Å². The maximum Gasteiger partial charge on any atom is 0.293 e. The Bertz CT molecular complexity index is 1600. The smallest absolute Gasteiger partial charge is 0.293 e. The highest BCUT2D eigenvalue weighted by Crippen LogP contribution is 2.38. The van der Waals surface area contributed by atoms with Crippen molar-refractivity contribution in [3.05, 3.63) is 109 Å². The van der Waals surface area contributed by atoms with Crippen LogP contribution in [0.25, 0.3) is 16.8 Å². The largest absolute Gasteiger partial charge is 0.491 e. The molecule has 10 heteroatoms. The summed E-state index contributed by atoms with van der Waals surface area (Å²) in [5.41, 5.74) is 1.27. The van der Waals surface area contributed by atoms with E-state index >= 15 is 0 Å². The van der Waals surface area contributed by atoms with Gasteiger partial charge in [-0.05, 0) is 59.1 Å². The Labute approximate surface area is 249 Å². The Kier molecular flexibility index (Phi) is 8.60. The van der Waals surface area contributed by atoms with Gasteiger partial charge < -0.3 is 9.47 Å². The zero-order valence-electron chi connectivity index (χ0n) is 20.1. The number of hydrogen-bond donors (Lipinski definition) is 0. The maximum absolute atomic E-state index is 13.0. The molecule has 0 N–H and O–H groups in total. The van der Waals surface area contributed by atoms with Gasteiger partial charge >= 0.3 is 0 Å². The van der Waals surface area contributed by atoms with Crippen molar-refractivity contribution in [1.29, 1.82) is 0 Å². The first kappa shape index (κ1) is 27.7. The van der Waals surface area contributed by atoms with Crippen molar-refractivity contribution in [3.63, 3.8) is 0 Å². The molecule has 0 saturated carbocycles. The van der Waals surface area contributed by atoms with Crippen molar-refractivity contribution < 1.29 is 19.1 Å².